The van der Waals surface area contributed by atoms with Crippen LogP contribution in [0.4, 0.5) is 0 Å². The molecule has 0 bridgehead atoms. The zero-order valence-corrected chi connectivity index (χ0v) is 14.5. The van der Waals surface area contributed by atoms with Crippen LogP contribution >= 0.6 is 0 Å². The lowest BCUT2D eigenvalue weighted by Crippen LogP contribution is -2.31. The number of nitrogens with zero attached hydrogens (tertiary/aromatic N) is 4. The Morgan fingerprint density at radius 3 is 2.96 bits per heavy atom. The normalized spacial score (nSPS) is 17.3. The van der Waals surface area contributed by atoms with E-state index in [1.54, 1.807) is 12.5 Å². The third-order valence-corrected chi connectivity index (χ3v) is 5.11. The first-order valence-corrected chi connectivity index (χ1v) is 8.69. The van der Waals surface area contributed by atoms with E-state index in [1.165, 1.54) is 23.0 Å². The summed E-state index contributed by atoms with van der Waals surface area (Å²) in [6.07, 6.45) is 4.96. The van der Waals surface area contributed by atoms with Crippen molar-refractivity contribution in [2.45, 2.75) is 12.5 Å². The van der Waals surface area contributed by atoms with Crippen LogP contribution in [-0.2, 0) is 6.54 Å². The average molecular weight is 342 g/mol. The van der Waals surface area contributed by atoms with Gasteiger partial charge in [-0.2, -0.15) is 0 Å². The van der Waals surface area contributed by atoms with Gasteiger partial charge in [-0.05, 0) is 41.9 Å². The summed E-state index contributed by atoms with van der Waals surface area (Å²) in [4.78, 5) is 6.44. The summed E-state index contributed by atoms with van der Waals surface area (Å²) in [5.41, 5.74) is 6.78. The Kier molecular flexibility index (Phi) is 3.53. The molecule has 0 spiro atoms. The molecule has 0 radical (unpaired) electrons. The maximum absolute atomic E-state index is 5.61. The zero-order chi connectivity index (χ0) is 17.5. The van der Waals surface area contributed by atoms with Crippen LogP contribution in [0.2, 0.25) is 0 Å². The molecular formula is C21H18N4O. The number of furan rings is 1. The lowest BCUT2D eigenvalue weighted by atomic mass is 9.83. The van der Waals surface area contributed by atoms with Crippen molar-refractivity contribution in [1.29, 1.82) is 0 Å². The van der Waals surface area contributed by atoms with Gasteiger partial charge in [0.05, 0.1) is 12.5 Å². The molecule has 0 saturated heterocycles. The van der Waals surface area contributed by atoms with Crippen molar-refractivity contribution in [1.82, 2.24) is 20.1 Å². The number of rotatable bonds is 2. The molecule has 0 N–H and O–H groups in total. The van der Waals surface area contributed by atoms with E-state index in [0.717, 1.165) is 35.3 Å². The molecule has 0 fully saturated rings. The number of fused-ring (bicyclic) bond motifs is 2. The van der Waals surface area contributed by atoms with Gasteiger partial charge in [-0.25, -0.2) is 4.98 Å². The molecule has 2 aromatic carbocycles. The van der Waals surface area contributed by atoms with Gasteiger partial charge in [-0.15, -0.1) is 10.2 Å². The molecule has 1 aliphatic heterocycles. The number of likely N-dealkylation sites (N-methyl/N-ethyl adjacent to an activating group) is 1. The lowest BCUT2D eigenvalue weighted by Gasteiger charge is -2.33. The Balaban J connectivity index is 1.59. The quantitative estimate of drug-likeness (QED) is 0.554. The predicted octanol–water partition coefficient (Wildman–Crippen LogP) is 3.86. The summed E-state index contributed by atoms with van der Waals surface area (Å²) in [6.45, 7) is 1.92. The maximum atomic E-state index is 5.61. The molecule has 1 unspecified atom stereocenters. The van der Waals surface area contributed by atoms with Gasteiger partial charge in [0, 0.05) is 30.0 Å². The van der Waals surface area contributed by atoms with E-state index in [-0.39, 0.29) is 0 Å². The second-order valence-corrected chi connectivity index (χ2v) is 6.88. The summed E-state index contributed by atoms with van der Waals surface area (Å²) < 4.78 is 5.61. The van der Waals surface area contributed by atoms with Crippen LogP contribution in [-0.4, -0.2) is 33.7 Å². The van der Waals surface area contributed by atoms with Gasteiger partial charge in [0.15, 0.2) is 0 Å². The molecule has 0 aliphatic carbocycles. The molecule has 2 aromatic heterocycles. The molecule has 1 atom stereocenters. The first kappa shape index (κ1) is 15.2. The van der Waals surface area contributed by atoms with Crippen molar-refractivity contribution in [3.05, 3.63) is 77.9 Å². The molecule has 0 saturated carbocycles. The highest BCUT2D eigenvalue weighted by molar-refractivity contribution is 5.78. The fourth-order valence-electron chi connectivity index (χ4n) is 3.86. The van der Waals surface area contributed by atoms with Gasteiger partial charge in [-0.3, -0.25) is 0 Å². The minimum atomic E-state index is 0.326. The Hall–Kier alpha value is -3.05. The van der Waals surface area contributed by atoms with E-state index >= 15 is 0 Å². The third-order valence-electron chi connectivity index (χ3n) is 5.11. The van der Waals surface area contributed by atoms with E-state index in [2.05, 4.69) is 63.5 Å². The van der Waals surface area contributed by atoms with Crippen LogP contribution in [0, 0.1) is 0 Å². The van der Waals surface area contributed by atoms with Crippen LogP contribution in [0.3, 0.4) is 0 Å². The van der Waals surface area contributed by atoms with Gasteiger partial charge in [0.1, 0.15) is 17.6 Å². The predicted molar refractivity (Wildman–Crippen MR) is 99.7 cm³/mol. The molecule has 4 aromatic rings. The van der Waals surface area contributed by atoms with Crippen molar-refractivity contribution in [3.63, 3.8) is 0 Å². The summed E-state index contributed by atoms with van der Waals surface area (Å²) in [6, 6.07) is 15.1. The van der Waals surface area contributed by atoms with E-state index in [4.69, 9.17) is 4.42 Å². The van der Waals surface area contributed by atoms with Gasteiger partial charge >= 0.3 is 0 Å². The topological polar surface area (TPSA) is 55.1 Å². The average Bonchev–Trinajstić information content (AvgIpc) is 3.15. The second kappa shape index (κ2) is 6.04. The molecule has 3 heterocycles. The largest absolute Gasteiger partial charge is 0.464 e. The van der Waals surface area contributed by atoms with E-state index in [9.17, 15) is 0 Å². The van der Waals surface area contributed by atoms with E-state index in [1.807, 2.05) is 6.07 Å². The van der Waals surface area contributed by atoms with E-state index < -0.39 is 0 Å². The third kappa shape index (κ3) is 2.57. The van der Waals surface area contributed by atoms with Crippen molar-refractivity contribution in [3.8, 4) is 11.3 Å². The molecule has 5 nitrogen and oxygen atoms in total. The van der Waals surface area contributed by atoms with Gasteiger partial charge in [0.2, 0.25) is 0 Å². The van der Waals surface area contributed by atoms with Crippen LogP contribution in [0.15, 0.2) is 65.7 Å². The highest BCUT2D eigenvalue weighted by Crippen LogP contribution is 2.36. The first-order chi connectivity index (χ1) is 12.8. The fourth-order valence-corrected chi connectivity index (χ4v) is 3.86. The van der Waals surface area contributed by atoms with Crippen molar-refractivity contribution in [2.75, 3.05) is 13.6 Å². The Morgan fingerprint density at radius 2 is 2.08 bits per heavy atom. The minimum absolute atomic E-state index is 0.326. The maximum Gasteiger partial charge on any atom is 0.138 e. The van der Waals surface area contributed by atoms with Crippen molar-refractivity contribution >= 4 is 11.0 Å². The van der Waals surface area contributed by atoms with Gasteiger partial charge in [-0.1, -0.05) is 24.3 Å². The minimum Gasteiger partial charge on any atom is -0.464 e. The summed E-state index contributed by atoms with van der Waals surface area (Å²) in [5, 5.41) is 9.22. The molecule has 5 heteroatoms. The molecule has 26 heavy (non-hydrogen) atoms. The number of hydrogen-bond acceptors (Lipinski definition) is 5. The SMILES string of the molecule is CN1Cc2cc(-c3cncnn3)ccc2C(c2ccc3ccoc3c2)C1. The molecular weight excluding hydrogens is 324 g/mol. The van der Waals surface area contributed by atoms with Gasteiger partial charge in [0.25, 0.3) is 0 Å². The van der Waals surface area contributed by atoms with E-state index in [0.29, 0.717) is 5.92 Å². The van der Waals surface area contributed by atoms with Gasteiger partial charge < -0.3 is 9.32 Å². The zero-order valence-electron chi connectivity index (χ0n) is 14.5. The summed E-state index contributed by atoms with van der Waals surface area (Å²) in [7, 11) is 2.16. The standard InChI is InChI=1S/C21H18N4O/c1-25-11-17-8-16(20-10-22-13-23-24-20)4-5-18(17)19(12-25)15-3-2-14-6-7-26-21(14)9-15/h2-10,13,19H,11-12H2,1H3. The Bertz CT molecular complexity index is 1070. The lowest BCUT2D eigenvalue weighted by molar-refractivity contribution is 0.295. The smallest absolute Gasteiger partial charge is 0.138 e. The van der Waals surface area contributed by atoms with Crippen molar-refractivity contribution < 1.29 is 4.42 Å². The first-order valence-electron chi connectivity index (χ1n) is 8.69. The Morgan fingerprint density at radius 1 is 1.12 bits per heavy atom. The second-order valence-electron chi connectivity index (χ2n) is 6.88. The molecule has 0 amide bonds. The fraction of sp³-hybridized carbons (Fsp3) is 0.190. The summed E-state index contributed by atoms with van der Waals surface area (Å²) in [5.74, 6) is 0.326. The molecule has 128 valence electrons. The number of benzene rings is 2. The van der Waals surface area contributed by atoms with Crippen LogP contribution in [0.25, 0.3) is 22.2 Å². The molecule has 5 rings (SSSR count). The monoisotopic (exact) mass is 342 g/mol. The molecule has 1 aliphatic rings. The van der Waals surface area contributed by atoms with Crippen LogP contribution in [0.1, 0.15) is 22.6 Å². The van der Waals surface area contributed by atoms with Crippen molar-refractivity contribution in [2.24, 2.45) is 0 Å². The summed E-state index contributed by atoms with van der Waals surface area (Å²) >= 11 is 0. The highest BCUT2D eigenvalue weighted by Gasteiger charge is 2.25. The highest BCUT2D eigenvalue weighted by atomic mass is 16.3. The van der Waals surface area contributed by atoms with Crippen LogP contribution in [0.5, 0.6) is 0 Å². The Labute approximate surface area is 151 Å². The van der Waals surface area contributed by atoms with Crippen LogP contribution < -0.4 is 0 Å². The number of aromatic nitrogens is 3. The number of hydrogen-bond donors (Lipinski definition) is 0.